The Morgan fingerprint density at radius 1 is 1.42 bits per heavy atom. The van der Waals surface area contributed by atoms with E-state index >= 15 is 0 Å². The van der Waals surface area contributed by atoms with Crippen LogP contribution in [0.15, 0.2) is 15.8 Å². The molecule has 8 heteroatoms. The van der Waals surface area contributed by atoms with Gasteiger partial charge in [0, 0.05) is 6.20 Å². The highest BCUT2D eigenvalue weighted by atomic mass is 16.4. The zero-order valence-electron chi connectivity index (χ0n) is 10.5. The molecule has 0 aromatic carbocycles. The second-order valence-corrected chi connectivity index (χ2v) is 4.16. The summed E-state index contributed by atoms with van der Waals surface area (Å²) in [5.41, 5.74) is -1.94. The first-order chi connectivity index (χ1) is 8.86. The average molecular weight is 269 g/mol. The molecule has 1 aromatic heterocycles. The number of aromatic nitrogens is 2. The number of nitrogens with one attached hydrogen (secondary N) is 3. The SMILES string of the molecule is CCC(C)C(NC(=O)c1c[nH]c(=O)[nH]c1=O)C(=O)O. The summed E-state index contributed by atoms with van der Waals surface area (Å²) < 4.78 is 0. The van der Waals surface area contributed by atoms with Crippen LogP contribution in [0.4, 0.5) is 0 Å². The van der Waals surface area contributed by atoms with Gasteiger partial charge in [-0.1, -0.05) is 20.3 Å². The molecule has 0 aliphatic carbocycles. The number of hydrogen-bond acceptors (Lipinski definition) is 4. The first-order valence-electron chi connectivity index (χ1n) is 5.72. The Balaban J connectivity index is 2.97. The van der Waals surface area contributed by atoms with Crippen LogP contribution < -0.4 is 16.6 Å². The van der Waals surface area contributed by atoms with Crippen LogP contribution >= 0.6 is 0 Å². The van der Waals surface area contributed by atoms with Crippen molar-refractivity contribution in [3.63, 3.8) is 0 Å². The Bertz CT molecular complexity index is 588. The number of hydrogen-bond donors (Lipinski definition) is 4. The molecule has 19 heavy (non-hydrogen) atoms. The van der Waals surface area contributed by atoms with Gasteiger partial charge in [-0.05, 0) is 5.92 Å². The molecule has 1 amide bonds. The monoisotopic (exact) mass is 269 g/mol. The molecule has 104 valence electrons. The molecular formula is C11H15N3O5. The van der Waals surface area contributed by atoms with Crippen molar-refractivity contribution in [2.45, 2.75) is 26.3 Å². The Morgan fingerprint density at radius 3 is 2.53 bits per heavy atom. The molecule has 0 aliphatic rings. The van der Waals surface area contributed by atoms with Gasteiger partial charge in [0.05, 0.1) is 0 Å². The van der Waals surface area contributed by atoms with E-state index < -0.39 is 29.2 Å². The van der Waals surface area contributed by atoms with Crippen molar-refractivity contribution in [2.75, 3.05) is 0 Å². The van der Waals surface area contributed by atoms with Gasteiger partial charge >= 0.3 is 11.7 Å². The van der Waals surface area contributed by atoms with Gasteiger partial charge in [-0.3, -0.25) is 14.6 Å². The Labute approximate surface area is 107 Å². The Kier molecular flexibility index (Phi) is 4.62. The molecule has 0 saturated carbocycles. The van der Waals surface area contributed by atoms with Crippen LogP contribution in [0.1, 0.15) is 30.6 Å². The number of carbonyl (C=O) groups is 2. The predicted octanol–water partition coefficient (Wildman–Crippen LogP) is -0.708. The minimum Gasteiger partial charge on any atom is -0.480 e. The number of aromatic amines is 2. The number of aliphatic carboxylic acids is 1. The van der Waals surface area contributed by atoms with Crippen LogP contribution in [0.2, 0.25) is 0 Å². The van der Waals surface area contributed by atoms with Crippen molar-refractivity contribution >= 4 is 11.9 Å². The van der Waals surface area contributed by atoms with Crippen molar-refractivity contribution in [3.8, 4) is 0 Å². The van der Waals surface area contributed by atoms with Gasteiger partial charge < -0.3 is 15.4 Å². The summed E-state index contributed by atoms with van der Waals surface area (Å²) in [6.45, 7) is 3.47. The third-order valence-electron chi connectivity index (χ3n) is 2.83. The topological polar surface area (TPSA) is 132 Å². The minimum atomic E-state index is -1.18. The lowest BCUT2D eigenvalue weighted by atomic mass is 9.99. The Hall–Kier alpha value is -2.38. The van der Waals surface area contributed by atoms with Crippen molar-refractivity contribution in [2.24, 2.45) is 5.92 Å². The molecule has 2 atom stereocenters. The zero-order valence-corrected chi connectivity index (χ0v) is 10.5. The lowest BCUT2D eigenvalue weighted by molar-refractivity contribution is -0.140. The summed E-state index contributed by atoms with van der Waals surface area (Å²) in [4.78, 5) is 49.1. The van der Waals surface area contributed by atoms with Crippen LogP contribution in [-0.4, -0.2) is 33.0 Å². The van der Waals surface area contributed by atoms with Gasteiger partial charge in [-0.2, -0.15) is 0 Å². The number of carboxylic acid groups (broad SMARTS) is 1. The molecule has 2 unspecified atom stereocenters. The second kappa shape index (κ2) is 5.98. The highest BCUT2D eigenvalue weighted by molar-refractivity contribution is 5.96. The van der Waals surface area contributed by atoms with Crippen molar-refractivity contribution in [3.05, 3.63) is 32.6 Å². The summed E-state index contributed by atoms with van der Waals surface area (Å²) in [6, 6.07) is -1.09. The van der Waals surface area contributed by atoms with E-state index in [0.29, 0.717) is 6.42 Å². The molecule has 4 N–H and O–H groups in total. The van der Waals surface area contributed by atoms with Crippen LogP contribution in [0, 0.1) is 5.92 Å². The average Bonchev–Trinajstić information content (AvgIpc) is 2.34. The summed E-state index contributed by atoms with van der Waals surface area (Å²) in [5, 5.41) is 11.3. The number of H-pyrrole nitrogens is 2. The molecule has 0 radical (unpaired) electrons. The van der Waals surface area contributed by atoms with Crippen LogP contribution in [-0.2, 0) is 4.79 Å². The van der Waals surface area contributed by atoms with E-state index in [1.54, 1.807) is 13.8 Å². The molecule has 1 aromatic rings. The summed E-state index contributed by atoms with van der Waals surface area (Å²) in [5.74, 6) is -2.31. The maximum Gasteiger partial charge on any atom is 0.326 e. The quantitative estimate of drug-likeness (QED) is 0.560. The van der Waals surface area contributed by atoms with Crippen molar-refractivity contribution < 1.29 is 14.7 Å². The van der Waals surface area contributed by atoms with Gasteiger partial charge in [0.2, 0.25) is 0 Å². The van der Waals surface area contributed by atoms with E-state index in [1.807, 2.05) is 4.98 Å². The largest absolute Gasteiger partial charge is 0.480 e. The molecule has 1 rings (SSSR count). The standard InChI is InChI=1S/C11H15N3O5/c1-3-5(2)7(10(17)18)13-8(15)6-4-12-11(19)14-9(6)16/h4-5,7H,3H2,1-2H3,(H,13,15)(H,17,18)(H2,12,14,16,19). The first-order valence-corrected chi connectivity index (χ1v) is 5.72. The number of carboxylic acids is 1. The van der Waals surface area contributed by atoms with E-state index in [9.17, 15) is 19.2 Å². The first kappa shape index (κ1) is 14.7. The Morgan fingerprint density at radius 2 is 2.05 bits per heavy atom. The van der Waals surface area contributed by atoms with Crippen LogP contribution in [0.25, 0.3) is 0 Å². The van der Waals surface area contributed by atoms with Crippen LogP contribution in [0.5, 0.6) is 0 Å². The highest BCUT2D eigenvalue weighted by Gasteiger charge is 2.26. The van der Waals surface area contributed by atoms with Gasteiger partial charge in [-0.25, -0.2) is 9.59 Å². The summed E-state index contributed by atoms with van der Waals surface area (Å²) >= 11 is 0. The van der Waals surface area contributed by atoms with Gasteiger partial charge in [0.15, 0.2) is 0 Å². The molecule has 1 heterocycles. The lowest BCUT2D eigenvalue weighted by Crippen LogP contribution is -2.46. The molecule has 0 spiro atoms. The lowest BCUT2D eigenvalue weighted by Gasteiger charge is -2.19. The molecule has 8 nitrogen and oxygen atoms in total. The maximum atomic E-state index is 11.8. The molecule has 0 fully saturated rings. The van der Waals surface area contributed by atoms with Gasteiger partial charge in [-0.15, -0.1) is 0 Å². The van der Waals surface area contributed by atoms with E-state index in [1.165, 1.54) is 0 Å². The summed E-state index contributed by atoms with van der Waals surface area (Å²) in [7, 11) is 0. The molecule has 0 bridgehead atoms. The maximum absolute atomic E-state index is 11.8. The fourth-order valence-electron chi connectivity index (χ4n) is 1.48. The third kappa shape index (κ3) is 3.54. The normalized spacial score (nSPS) is 13.6. The van der Waals surface area contributed by atoms with E-state index in [-0.39, 0.29) is 11.5 Å². The smallest absolute Gasteiger partial charge is 0.326 e. The summed E-state index contributed by atoms with van der Waals surface area (Å²) in [6.07, 6.45) is 1.51. The fraction of sp³-hybridized carbons (Fsp3) is 0.455. The molecule has 0 aliphatic heterocycles. The molecule has 0 saturated heterocycles. The highest BCUT2D eigenvalue weighted by Crippen LogP contribution is 2.08. The van der Waals surface area contributed by atoms with Gasteiger partial charge in [0.25, 0.3) is 11.5 Å². The van der Waals surface area contributed by atoms with Crippen molar-refractivity contribution in [1.29, 1.82) is 0 Å². The number of amides is 1. The van der Waals surface area contributed by atoms with Crippen LogP contribution in [0.3, 0.4) is 0 Å². The van der Waals surface area contributed by atoms with Gasteiger partial charge in [0.1, 0.15) is 11.6 Å². The van der Waals surface area contributed by atoms with Crippen molar-refractivity contribution in [1.82, 2.24) is 15.3 Å². The third-order valence-corrected chi connectivity index (χ3v) is 2.83. The molecular weight excluding hydrogens is 254 g/mol. The number of rotatable bonds is 5. The van der Waals surface area contributed by atoms with E-state index in [4.69, 9.17) is 5.11 Å². The fourth-order valence-corrected chi connectivity index (χ4v) is 1.48. The predicted molar refractivity (Wildman–Crippen MR) is 66.0 cm³/mol. The second-order valence-electron chi connectivity index (χ2n) is 4.16. The number of carbonyl (C=O) groups excluding carboxylic acids is 1. The van der Waals surface area contributed by atoms with E-state index in [2.05, 4.69) is 10.3 Å². The van der Waals surface area contributed by atoms with E-state index in [0.717, 1.165) is 6.20 Å². The zero-order chi connectivity index (χ0) is 14.6. The minimum absolute atomic E-state index is 0.289.